The molecule has 0 spiro atoms. The molecule has 0 atom stereocenters. The van der Waals surface area contributed by atoms with Gasteiger partial charge >= 0.3 is 5.69 Å². The van der Waals surface area contributed by atoms with Crippen LogP contribution in [-0.4, -0.2) is 17.3 Å². The standard InChI is InChI=1S/C13H9F3N2O4/c1-3-22-5-7(4-17)13(19)8-6(2)12(18(20)21)11(16)10(15)9(8)14/h5H,3H2,1-2H3/b7-5+. The van der Waals surface area contributed by atoms with Gasteiger partial charge in [-0.15, -0.1) is 0 Å². The minimum Gasteiger partial charge on any atom is -0.500 e. The van der Waals surface area contributed by atoms with Crippen molar-refractivity contribution in [2.75, 3.05) is 6.61 Å². The number of carbonyl (C=O) groups is 1. The van der Waals surface area contributed by atoms with Gasteiger partial charge in [0.15, 0.2) is 5.82 Å². The molecule has 0 fully saturated rings. The fraction of sp³-hybridized carbons (Fsp3) is 0.231. The molecule has 0 heterocycles. The van der Waals surface area contributed by atoms with Crippen LogP contribution in [0.3, 0.4) is 0 Å². The molecule has 1 aromatic carbocycles. The van der Waals surface area contributed by atoms with Crippen molar-refractivity contribution in [3.05, 3.63) is 50.5 Å². The highest BCUT2D eigenvalue weighted by atomic mass is 19.2. The number of nitriles is 1. The summed E-state index contributed by atoms with van der Waals surface area (Å²) < 4.78 is 45.4. The maximum Gasteiger partial charge on any atom is 0.311 e. The van der Waals surface area contributed by atoms with Crippen LogP contribution in [-0.2, 0) is 4.74 Å². The molecule has 1 rings (SSSR count). The quantitative estimate of drug-likeness (QED) is 0.158. The van der Waals surface area contributed by atoms with Gasteiger partial charge in [0, 0.05) is 5.56 Å². The van der Waals surface area contributed by atoms with Crippen LogP contribution in [0.4, 0.5) is 18.9 Å². The average molecular weight is 314 g/mol. The highest BCUT2D eigenvalue weighted by molar-refractivity contribution is 6.12. The third-order valence-electron chi connectivity index (χ3n) is 2.69. The molecule has 22 heavy (non-hydrogen) atoms. The topological polar surface area (TPSA) is 93.2 Å². The van der Waals surface area contributed by atoms with Gasteiger partial charge in [-0.25, -0.2) is 8.78 Å². The van der Waals surface area contributed by atoms with Crippen LogP contribution in [0, 0.1) is 45.8 Å². The second kappa shape index (κ2) is 6.71. The Kier molecular flexibility index (Phi) is 5.23. The summed E-state index contributed by atoms with van der Waals surface area (Å²) in [6.45, 7) is 2.52. The Morgan fingerprint density at radius 1 is 1.36 bits per heavy atom. The van der Waals surface area contributed by atoms with E-state index in [2.05, 4.69) is 0 Å². The van der Waals surface area contributed by atoms with Crippen molar-refractivity contribution in [1.82, 2.24) is 0 Å². The number of benzene rings is 1. The zero-order chi connectivity index (χ0) is 17.0. The van der Waals surface area contributed by atoms with Crippen molar-refractivity contribution in [1.29, 1.82) is 5.26 Å². The first-order valence-corrected chi connectivity index (χ1v) is 5.85. The number of hydrogen-bond acceptors (Lipinski definition) is 5. The van der Waals surface area contributed by atoms with Crippen LogP contribution in [0.1, 0.15) is 22.8 Å². The minimum atomic E-state index is -2.16. The molecule has 0 saturated carbocycles. The van der Waals surface area contributed by atoms with Gasteiger partial charge in [0.1, 0.15) is 17.9 Å². The molecular formula is C13H9F3N2O4. The van der Waals surface area contributed by atoms with E-state index in [0.29, 0.717) is 6.26 Å². The van der Waals surface area contributed by atoms with Crippen LogP contribution in [0.25, 0.3) is 0 Å². The number of ether oxygens (including phenoxy) is 1. The molecule has 0 saturated heterocycles. The number of ketones is 1. The lowest BCUT2D eigenvalue weighted by molar-refractivity contribution is -0.388. The van der Waals surface area contributed by atoms with E-state index in [4.69, 9.17) is 10.00 Å². The second-order valence-electron chi connectivity index (χ2n) is 3.98. The highest BCUT2D eigenvalue weighted by Crippen LogP contribution is 2.31. The number of rotatable bonds is 5. The Labute approximate surface area is 122 Å². The Morgan fingerprint density at radius 3 is 2.41 bits per heavy atom. The first kappa shape index (κ1) is 17.2. The molecule has 1 aromatic rings. The summed E-state index contributed by atoms with van der Waals surface area (Å²) in [5.41, 5.74) is -3.87. The van der Waals surface area contributed by atoms with E-state index >= 15 is 0 Å². The summed E-state index contributed by atoms with van der Waals surface area (Å²) >= 11 is 0. The number of nitro groups is 1. The summed E-state index contributed by atoms with van der Waals surface area (Å²) in [5, 5.41) is 19.6. The van der Waals surface area contributed by atoms with Gasteiger partial charge in [-0.2, -0.15) is 9.65 Å². The molecule has 0 aliphatic heterocycles. The normalized spacial score (nSPS) is 11.0. The lowest BCUT2D eigenvalue weighted by atomic mass is 9.97. The molecule has 0 N–H and O–H groups in total. The third-order valence-corrected chi connectivity index (χ3v) is 2.69. The maximum atomic E-state index is 13.8. The Bertz CT molecular complexity index is 723. The smallest absolute Gasteiger partial charge is 0.311 e. The minimum absolute atomic E-state index is 0.0951. The van der Waals surface area contributed by atoms with E-state index in [1.54, 1.807) is 6.92 Å². The van der Waals surface area contributed by atoms with E-state index in [9.17, 15) is 28.1 Å². The summed E-state index contributed by atoms with van der Waals surface area (Å²) in [6, 6.07) is 1.41. The van der Waals surface area contributed by atoms with Crippen molar-refractivity contribution >= 4 is 11.5 Å². The fourth-order valence-corrected chi connectivity index (χ4v) is 1.68. The van der Waals surface area contributed by atoms with Gasteiger partial charge in [-0.1, -0.05) is 0 Å². The number of allylic oxidation sites excluding steroid dienone is 1. The molecular weight excluding hydrogens is 305 g/mol. The van der Waals surface area contributed by atoms with Crippen LogP contribution in [0.15, 0.2) is 11.8 Å². The lowest BCUT2D eigenvalue weighted by Crippen LogP contribution is -2.14. The lowest BCUT2D eigenvalue weighted by Gasteiger charge is -2.08. The predicted octanol–water partition coefficient (Wildman–Crippen LogP) is 2.95. The van der Waals surface area contributed by atoms with Gasteiger partial charge in [-0.3, -0.25) is 14.9 Å². The second-order valence-corrected chi connectivity index (χ2v) is 3.98. The van der Waals surface area contributed by atoms with Gasteiger partial charge in [0.2, 0.25) is 17.4 Å². The van der Waals surface area contributed by atoms with Crippen molar-refractivity contribution in [3.63, 3.8) is 0 Å². The first-order valence-electron chi connectivity index (χ1n) is 5.85. The molecule has 0 bridgehead atoms. The summed E-state index contributed by atoms with van der Waals surface area (Å²) in [4.78, 5) is 21.5. The van der Waals surface area contributed by atoms with Crippen LogP contribution < -0.4 is 0 Å². The zero-order valence-corrected chi connectivity index (χ0v) is 11.4. The number of nitro benzene ring substituents is 1. The van der Waals surface area contributed by atoms with E-state index in [1.165, 1.54) is 6.07 Å². The number of halogens is 3. The molecule has 116 valence electrons. The Morgan fingerprint density at radius 2 is 1.95 bits per heavy atom. The first-order chi connectivity index (χ1) is 10.3. The largest absolute Gasteiger partial charge is 0.500 e. The Balaban J connectivity index is 3.65. The van der Waals surface area contributed by atoms with Crippen molar-refractivity contribution in [2.24, 2.45) is 0 Å². The number of carbonyl (C=O) groups excluding carboxylic acids is 1. The monoisotopic (exact) mass is 314 g/mol. The van der Waals surface area contributed by atoms with Crippen LogP contribution >= 0.6 is 0 Å². The molecule has 9 heteroatoms. The molecule has 0 radical (unpaired) electrons. The molecule has 0 unspecified atom stereocenters. The predicted molar refractivity (Wildman–Crippen MR) is 67.4 cm³/mol. The number of Topliss-reactive ketones (excluding diaryl/α,β-unsaturated/α-hetero) is 1. The number of nitrogens with zero attached hydrogens (tertiary/aromatic N) is 2. The fourth-order valence-electron chi connectivity index (χ4n) is 1.68. The molecule has 0 aliphatic rings. The van der Waals surface area contributed by atoms with Gasteiger partial charge < -0.3 is 4.74 Å². The Hall–Kier alpha value is -2.89. The average Bonchev–Trinajstić information content (AvgIpc) is 2.45. The molecule has 0 aromatic heterocycles. The zero-order valence-electron chi connectivity index (χ0n) is 11.4. The van der Waals surface area contributed by atoms with Crippen molar-refractivity contribution in [3.8, 4) is 6.07 Å². The van der Waals surface area contributed by atoms with E-state index in [-0.39, 0.29) is 6.61 Å². The van der Waals surface area contributed by atoms with E-state index in [0.717, 1.165) is 6.92 Å². The van der Waals surface area contributed by atoms with Crippen molar-refractivity contribution < 1.29 is 27.6 Å². The number of hydrogen-bond donors (Lipinski definition) is 0. The summed E-state index contributed by atoms with van der Waals surface area (Å²) in [7, 11) is 0. The van der Waals surface area contributed by atoms with Crippen LogP contribution in [0.5, 0.6) is 0 Å². The SMILES string of the molecule is CCO/C=C(\C#N)C(=O)c1c(C)c([N+](=O)[O-])c(F)c(F)c1F. The molecule has 0 aliphatic carbocycles. The maximum absolute atomic E-state index is 13.8. The van der Waals surface area contributed by atoms with Gasteiger partial charge in [-0.05, 0) is 13.8 Å². The van der Waals surface area contributed by atoms with Crippen LogP contribution in [0.2, 0.25) is 0 Å². The molecule has 0 amide bonds. The summed E-state index contributed by atoms with van der Waals surface area (Å²) in [5.74, 6) is -7.41. The van der Waals surface area contributed by atoms with E-state index in [1.807, 2.05) is 0 Å². The highest BCUT2D eigenvalue weighted by Gasteiger charge is 2.33. The van der Waals surface area contributed by atoms with Gasteiger partial charge in [0.05, 0.1) is 17.1 Å². The van der Waals surface area contributed by atoms with Crippen molar-refractivity contribution in [2.45, 2.75) is 13.8 Å². The van der Waals surface area contributed by atoms with E-state index < -0.39 is 50.5 Å². The summed E-state index contributed by atoms with van der Waals surface area (Å²) in [6.07, 6.45) is 0.717. The third kappa shape index (κ3) is 2.90. The van der Waals surface area contributed by atoms with Gasteiger partial charge in [0.25, 0.3) is 0 Å². The molecule has 6 nitrogen and oxygen atoms in total.